The number of ether oxygens (including phenoxy) is 1. The number of benzene rings is 1. The first kappa shape index (κ1) is 13.6. The number of nitrogen functional groups attached to an aromatic ring is 1. The second-order valence-electron chi connectivity index (χ2n) is 4.54. The summed E-state index contributed by atoms with van der Waals surface area (Å²) in [5, 5.41) is 0.394. The number of hydrogen-bond acceptors (Lipinski definition) is 4. The van der Waals surface area contributed by atoms with E-state index in [1.54, 1.807) is 18.2 Å². The topological polar surface area (TPSA) is 69.4 Å². The van der Waals surface area contributed by atoms with Crippen LogP contribution in [0.3, 0.4) is 0 Å². The van der Waals surface area contributed by atoms with Crippen molar-refractivity contribution in [1.82, 2.24) is 0 Å². The summed E-state index contributed by atoms with van der Waals surface area (Å²) in [6, 6.07) is 4.88. The Labute approximate surface area is 112 Å². The average Bonchev–Trinajstić information content (AvgIpc) is 2.74. The van der Waals surface area contributed by atoms with Crippen molar-refractivity contribution in [2.75, 3.05) is 18.1 Å². The van der Waals surface area contributed by atoms with Crippen molar-refractivity contribution in [3.63, 3.8) is 0 Å². The number of hydrogen-bond donors (Lipinski definition) is 1. The third-order valence-corrected chi connectivity index (χ3v) is 4.90. The fourth-order valence-electron chi connectivity index (χ4n) is 2.04. The zero-order chi connectivity index (χ0) is 13.2. The molecule has 18 heavy (non-hydrogen) atoms. The number of nitrogens with two attached hydrogens (primary N) is 1. The van der Waals surface area contributed by atoms with E-state index in [2.05, 4.69) is 0 Å². The third kappa shape index (κ3) is 3.60. The summed E-state index contributed by atoms with van der Waals surface area (Å²) in [6.45, 7) is 0.656. The van der Waals surface area contributed by atoms with E-state index in [0.29, 0.717) is 22.9 Å². The van der Waals surface area contributed by atoms with Crippen LogP contribution in [0.2, 0.25) is 5.02 Å². The highest BCUT2D eigenvalue weighted by molar-refractivity contribution is 7.90. The minimum Gasteiger partial charge on any atom is -0.399 e. The van der Waals surface area contributed by atoms with Gasteiger partial charge in [-0.1, -0.05) is 17.7 Å². The summed E-state index contributed by atoms with van der Waals surface area (Å²) in [5.74, 6) is -0.000319. The highest BCUT2D eigenvalue weighted by Gasteiger charge is 2.24. The van der Waals surface area contributed by atoms with Gasteiger partial charge in [-0.15, -0.1) is 0 Å². The molecule has 1 aliphatic rings. The molecule has 0 saturated carbocycles. The lowest BCUT2D eigenvalue weighted by Crippen LogP contribution is -2.21. The summed E-state index contributed by atoms with van der Waals surface area (Å²) >= 11 is 5.98. The Morgan fingerprint density at radius 3 is 2.83 bits per heavy atom. The molecule has 0 aliphatic carbocycles. The van der Waals surface area contributed by atoms with Gasteiger partial charge < -0.3 is 10.5 Å². The van der Waals surface area contributed by atoms with Gasteiger partial charge >= 0.3 is 0 Å². The van der Waals surface area contributed by atoms with E-state index in [-0.39, 0.29) is 17.6 Å². The molecule has 0 spiro atoms. The van der Waals surface area contributed by atoms with Gasteiger partial charge in [0.15, 0.2) is 9.84 Å². The maximum absolute atomic E-state index is 12.0. The number of anilines is 1. The molecule has 1 atom stereocenters. The van der Waals surface area contributed by atoms with Crippen molar-refractivity contribution < 1.29 is 13.2 Å². The minimum atomic E-state index is -3.20. The molecule has 1 unspecified atom stereocenters. The Hall–Kier alpha value is -0.780. The molecule has 6 heteroatoms. The van der Waals surface area contributed by atoms with Gasteiger partial charge in [0, 0.05) is 17.3 Å². The first-order valence-electron chi connectivity index (χ1n) is 5.82. The number of rotatable bonds is 4. The average molecular weight is 290 g/mol. The Morgan fingerprint density at radius 1 is 1.44 bits per heavy atom. The van der Waals surface area contributed by atoms with Crippen LogP contribution in [0.4, 0.5) is 5.69 Å². The van der Waals surface area contributed by atoms with Crippen LogP contribution in [0.15, 0.2) is 18.2 Å². The van der Waals surface area contributed by atoms with Crippen molar-refractivity contribution >= 4 is 27.1 Å². The molecule has 0 aromatic heterocycles. The lowest BCUT2D eigenvalue weighted by atomic mass is 10.2. The molecule has 1 heterocycles. The molecular formula is C12H16ClNO3S. The van der Waals surface area contributed by atoms with E-state index in [1.165, 1.54) is 0 Å². The molecule has 100 valence electrons. The summed E-state index contributed by atoms with van der Waals surface area (Å²) in [4.78, 5) is 0. The van der Waals surface area contributed by atoms with Crippen LogP contribution in [0.25, 0.3) is 0 Å². The minimum absolute atomic E-state index is 0.0632. The zero-order valence-electron chi connectivity index (χ0n) is 9.93. The van der Waals surface area contributed by atoms with Crippen LogP contribution < -0.4 is 5.73 Å². The van der Waals surface area contributed by atoms with Gasteiger partial charge in [0.05, 0.1) is 17.6 Å². The largest absolute Gasteiger partial charge is 0.399 e. The Balaban J connectivity index is 2.07. The molecule has 4 nitrogen and oxygen atoms in total. The molecule has 0 radical (unpaired) electrons. The van der Waals surface area contributed by atoms with Crippen molar-refractivity contribution in [3.05, 3.63) is 28.8 Å². The highest BCUT2D eigenvalue weighted by Crippen LogP contribution is 2.23. The van der Waals surface area contributed by atoms with Gasteiger partial charge in [0.25, 0.3) is 0 Å². The van der Waals surface area contributed by atoms with Gasteiger partial charge in [-0.2, -0.15) is 0 Å². The number of halogens is 1. The first-order valence-corrected chi connectivity index (χ1v) is 8.02. The summed E-state index contributed by atoms with van der Waals surface area (Å²) < 4.78 is 29.4. The maximum atomic E-state index is 12.0. The van der Waals surface area contributed by atoms with Gasteiger partial charge in [-0.3, -0.25) is 0 Å². The van der Waals surface area contributed by atoms with Gasteiger partial charge in [0.1, 0.15) is 0 Å². The molecule has 1 saturated heterocycles. The van der Waals surface area contributed by atoms with Crippen LogP contribution in [0.5, 0.6) is 0 Å². The predicted molar refractivity (Wildman–Crippen MR) is 72.3 cm³/mol. The van der Waals surface area contributed by atoms with Gasteiger partial charge in [0.2, 0.25) is 0 Å². The molecule has 0 amide bonds. The second-order valence-corrected chi connectivity index (χ2v) is 7.06. The highest BCUT2D eigenvalue weighted by atomic mass is 35.5. The molecule has 1 aromatic carbocycles. The molecule has 1 aliphatic heterocycles. The fraction of sp³-hybridized carbons (Fsp3) is 0.500. The standard InChI is InChI=1S/C12H16ClNO3S/c13-12-6-10(14)4-3-9(12)7-18(15,16)8-11-2-1-5-17-11/h3-4,6,11H,1-2,5,7-8,14H2. The van der Waals surface area contributed by atoms with Crippen molar-refractivity contribution in [2.45, 2.75) is 24.7 Å². The van der Waals surface area contributed by atoms with E-state index in [4.69, 9.17) is 22.1 Å². The predicted octanol–water partition coefficient (Wildman–Crippen LogP) is 2.02. The van der Waals surface area contributed by atoms with E-state index in [0.717, 1.165) is 12.8 Å². The second kappa shape index (κ2) is 5.47. The van der Waals surface area contributed by atoms with E-state index < -0.39 is 9.84 Å². The molecule has 1 aromatic rings. The van der Waals surface area contributed by atoms with E-state index in [9.17, 15) is 8.42 Å². The van der Waals surface area contributed by atoms with Gasteiger partial charge in [-0.05, 0) is 30.5 Å². The quantitative estimate of drug-likeness (QED) is 0.861. The van der Waals surface area contributed by atoms with Crippen LogP contribution in [0, 0.1) is 0 Å². The summed E-state index contributed by atoms with van der Waals surface area (Å²) in [5.41, 5.74) is 6.68. The van der Waals surface area contributed by atoms with Crippen molar-refractivity contribution in [3.8, 4) is 0 Å². The van der Waals surface area contributed by atoms with Crippen molar-refractivity contribution in [2.24, 2.45) is 0 Å². The molecule has 2 N–H and O–H groups in total. The molecule has 2 rings (SSSR count). The van der Waals surface area contributed by atoms with Crippen LogP contribution in [-0.4, -0.2) is 26.9 Å². The number of sulfone groups is 1. The van der Waals surface area contributed by atoms with Crippen LogP contribution in [0.1, 0.15) is 18.4 Å². The van der Waals surface area contributed by atoms with E-state index >= 15 is 0 Å². The summed E-state index contributed by atoms with van der Waals surface area (Å²) in [7, 11) is -3.20. The molecule has 1 fully saturated rings. The van der Waals surface area contributed by atoms with Crippen LogP contribution in [-0.2, 0) is 20.3 Å². The van der Waals surface area contributed by atoms with E-state index in [1.807, 2.05) is 0 Å². The third-order valence-electron chi connectivity index (χ3n) is 2.92. The van der Waals surface area contributed by atoms with Crippen molar-refractivity contribution in [1.29, 1.82) is 0 Å². The van der Waals surface area contributed by atoms with Crippen LogP contribution >= 0.6 is 11.6 Å². The monoisotopic (exact) mass is 289 g/mol. The maximum Gasteiger partial charge on any atom is 0.157 e. The normalized spacial score (nSPS) is 20.2. The van der Waals surface area contributed by atoms with Gasteiger partial charge in [-0.25, -0.2) is 8.42 Å². The zero-order valence-corrected chi connectivity index (χ0v) is 11.5. The summed E-state index contributed by atoms with van der Waals surface area (Å²) in [6.07, 6.45) is 1.58. The fourth-order valence-corrected chi connectivity index (χ4v) is 4.04. The smallest absolute Gasteiger partial charge is 0.157 e. The Kier molecular flexibility index (Phi) is 4.14. The Bertz CT molecular complexity index is 524. The molecular weight excluding hydrogens is 274 g/mol. The SMILES string of the molecule is Nc1ccc(CS(=O)(=O)CC2CCCO2)c(Cl)c1. The molecule has 0 bridgehead atoms. The first-order chi connectivity index (χ1) is 8.46. The Morgan fingerprint density at radius 2 is 2.22 bits per heavy atom. The lowest BCUT2D eigenvalue weighted by molar-refractivity contribution is 0.127. The lowest BCUT2D eigenvalue weighted by Gasteiger charge is -2.11.